The van der Waals surface area contributed by atoms with Gasteiger partial charge in [0.1, 0.15) is 5.82 Å². The average molecular weight is 484 g/mol. The van der Waals surface area contributed by atoms with Gasteiger partial charge in [0.2, 0.25) is 0 Å². The van der Waals surface area contributed by atoms with E-state index in [1.165, 1.54) is 6.07 Å². The molecule has 9 heteroatoms. The van der Waals surface area contributed by atoms with Crippen molar-refractivity contribution in [2.24, 2.45) is 0 Å². The normalized spacial score (nSPS) is 12.7. The highest BCUT2D eigenvalue weighted by Crippen LogP contribution is 2.29. The molecule has 0 atom stereocenters. The van der Waals surface area contributed by atoms with Crippen LogP contribution < -0.4 is 15.5 Å². The summed E-state index contributed by atoms with van der Waals surface area (Å²) in [4.78, 5) is 23.5. The fraction of sp³-hybridized carbons (Fsp3) is 0.222. The highest BCUT2D eigenvalue weighted by atomic mass is 19.1. The molecule has 0 spiro atoms. The van der Waals surface area contributed by atoms with Gasteiger partial charge in [-0.05, 0) is 66.4 Å². The number of hydrogen-bond donors (Lipinski definition) is 2. The van der Waals surface area contributed by atoms with Crippen LogP contribution in [0.2, 0.25) is 0 Å². The minimum Gasteiger partial charge on any atom is -0.352 e. The summed E-state index contributed by atoms with van der Waals surface area (Å²) >= 11 is 0. The van der Waals surface area contributed by atoms with Crippen molar-refractivity contribution in [2.45, 2.75) is 33.4 Å². The molecule has 0 bridgehead atoms. The Labute approximate surface area is 208 Å². The van der Waals surface area contributed by atoms with E-state index in [4.69, 9.17) is 0 Å². The van der Waals surface area contributed by atoms with E-state index in [-0.39, 0.29) is 11.7 Å². The topological polar surface area (TPSA) is 95.9 Å². The molecule has 0 radical (unpaired) electrons. The Balaban J connectivity index is 1.32. The summed E-state index contributed by atoms with van der Waals surface area (Å²) < 4.78 is 14.1. The molecule has 0 aliphatic carbocycles. The van der Waals surface area contributed by atoms with Crippen molar-refractivity contribution >= 4 is 23.1 Å². The van der Waals surface area contributed by atoms with E-state index in [0.29, 0.717) is 24.5 Å². The number of pyridine rings is 2. The van der Waals surface area contributed by atoms with Gasteiger partial charge in [-0.3, -0.25) is 14.8 Å². The van der Waals surface area contributed by atoms with Crippen molar-refractivity contribution in [3.63, 3.8) is 0 Å². The zero-order chi connectivity index (χ0) is 25.1. The molecular weight excluding hydrogens is 457 g/mol. The third kappa shape index (κ3) is 4.86. The van der Waals surface area contributed by atoms with E-state index >= 15 is 0 Å². The van der Waals surface area contributed by atoms with Crippen LogP contribution >= 0.6 is 0 Å². The minimum atomic E-state index is -0.317. The van der Waals surface area contributed by atoms with Crippen LogP contribution in [0.1, 0.15) is 38.4 Å². The summed E-state index contributed by atoms with van der Waals surface area (Å²) in [6.45, 7) is 5.58. The smallest absolute Gasteiger partial charge is 0.272 e. The van der Waals surface area contributed by atoms with Gasteiger partial charge in [-0.1, -0.05) is 12.1 Å². The van der Waals surface area contributed by atoms with Gasteiger partial charge < -0.3 is 15.5 Å². The predicted octanol–water partition coefficient (Wildman–Crippen LogP) is 4.26. The van der Waals surface area contributed by atoms with Crippen molar-refractivity contribution in [1.29, 1.82) is 0 Å². The van der Waals surface area contributed by atoms with Gasteiger partial charge in [-0.15, -0.1) is 10.2 Å². The summed E-state index contributed by atoms with van der Waals surface area (Å²) in [5, 5.41) is 14.7. The Morgan fingerprint density at radius 3 is 2.69 bits per heavy atom. The maximum Gasteiger partial charge on any atom is 0.272 e. The molecule has 36 heavy (non-hydrogen) atoms. The molecule has 8 nitrogen and oxygen atoms in total. The Hall–Kier alpha value is -4.40. The molecule has 3 aromatic heterocycles. The van der Waals surface area contributed by atoms with E-state index in [1.54, 1.807) is 36.8 Å². The number of hydrogen-bond acceptors (Lipinski definition) is 7. The third-order valence-corrected chi connectivity index (χ3v) is 6.41. The number of nitrogens with zero attached hydrogens (tertiary/aromatic N) is 5. The first-order valence-corrected chi connectivity index (χ1v) is 11.7. The standard InChI is InChI=1S/C27H26FN7O/c1-17-18(2)26(34-33-25(17)27(36)31-14-19-7-10-29-11-8-19)35-12-9-23-20(16-35)13-21(15-30-23)32-24-6-4-3-5-22(24)28/h3-8,10-11,13,15,32H,9,12,14,16H2,1-2H3,(H,31,36). The van der Waals surface area contributed by atoms with Crippen molar-refractivity contribution in [1.82, 2.24) is 25.5 Å². The molecule has 4 aromatic rings. The number of aromatic nitrogens is 4. The summed E-state index contributed by atoms with van der Waals surface area (Å²) in [7, 11) is 0. The van der Waals surface area contributed by atoms with E-state index in [0.717, 1.165) is 52.4 Å². The van der Waals surface area contributed by atoms with Crippen molar-refractivity contribution in [3.8, 4) is 0 Å². The van der Waals surface area contributed by atoms with Crippen molar-refractivity contribution in [3.05, 3.63) is 101 Å². The van der Waals surface area contributed by atoms with E-state index in [2.05, 4.69) is 35.7 Å². The Morgan fingerprint density at radius 2 is 1.89 bits per heavy atom. The largest absolute Gasteiger partial charge is 0.352 e. The first-order chi connectivity index (χ1) is 17.5. The first kappa shape index (κ1) is 23.3. The number of nitrogens with one attached hydrogen (secondary N) is 2. The maximum atomic E-state index is 14.1. The molecule has 5 rings (SSSR count). The highest BCUT2D eigenvalue weighted by Gasteiger charge is 2.24. The van der Waals surface area contributed by atoms with Gasteiger partial charge in [0, 0.05) is 44.1 Å². The lowest BCUT2D eigenvalue weighted by molar-refractivity contribution is 0.0944. The molecule has 0 saturated carbocycles. The zero-order valence-electron chi connectivity index (χ0n) is 20.1. The molecule has 0 unspecified atom stereocenters. The number of fused-ring (bicyclic) bond motifs is 1. The number of amides is 1. The van der Waals surface area contributed by atoms with Crippen LogP contribution in [0.3, 0.4) is 0 Å². The third-order valence-electron chi connectivity index (χ3n) is 6.41. The van der Waals surface area contributed by atoms with Gasteiger partial charge in [0.05, 0.1) is 17.6 Å². The number of carbonyl (C=O) groups is 1. The van der Waals surface area contributed by atoms with Crippen LogP contribution in [0.25, 0.3) is 0 Å². The first-order valence-electron chi connectivity index (χ1n) is 11.7. The average Bonchev–Trinajstić information content (AvgIpc) is 2.90. The second kappa shape index (κ2) is 10.1. The molecule has 2 N–H and O–H groups in total. The van der Waals surface area contributed by atoms with Gasteiger partial charge >= 0.3 is 0 Å². The molecule has 1 aromatic carbocycles. The molecule has 0 saturated heterocycles. The van der Waals surface area contributed by atoms with E-state index in [1.807, 2.05) is 32.0 Å². The number of rotatable bonds is 6. The van der Waals surface area contributed by atoms with Crippen LogP contribution in [-0.2, 0) is 19.5 Å². The lowest BCUT2D eigenvalue weighted by Gasteiger charge is -2.30. The molecule has 1 aliphatic heterocycles. The predicted molar refractivity (Wildman–Crippen MR) is 136 cm³/mol. The quantitative estimate of drug-likeness (QED) is 0.423. The van der Waals surface area contributed by atoms with Gasteiger partial charge in [0.15, 0.2) is 11.5 Å². The van der Waals surface area contributed by atoms with Crippen molar-refractivity contribution < 1.29 is 9.18 Å². The van der Waals surface area contributed by atoms with Crippen LogP contribution in [-0.4, -0.2) is 32.6 Å². The van der Waals surface area contributed by atoms with Gasteiger partial charge in [-0.25, -0.2) is 4.39 Å². The summed E-state index contributed by atoms with van der Waals surface area (Å²) in [6, 6.07) is 12.3. The minimum absolute atomic E-state index is 0.261. The molecule has 1 aliphatic rings. The molecule has 4 heterocycles. The van der Waals surface area contributed by atoms with Crippen LogP contribution in [0, 0.1) is 19.7 Å². The van der Waals surface area contributed by atoms with E-state index in [9.17, 15) is 9.18 Å². The monoisotopic (exact) mass is 483 g/mol. The molecule has 0 fully saturated rings. The van der Waals surface area contributed by atoms with Gasteiger partial charge in [-0.2, -0.15) is 0 Å². The molecule has 1 amide bonds. The number of carbonyl (C=O) groups excluding carboxylic acids is 1. The summed E-state index contributed by atoms with van der Waals surface area (Å²) in [6.07, 6.45) is 5.87. The van der Waals surface area contributed by atoms with Crippen molar-refractivity contribution in [2.75, 3.05) is 16.8 Å². The lowest BCUT2D eigenvalue weighted by Crippen LogP contribution is -2.33. The fourth-order valence-electron chi connectivity index (χ4n) is 4.27. The number of benzene rings is 1. The maximum absolute atomic E-state index is 14.1. The van der Waals surface area contributed by atoms with E-state index < -0.39 is 0 Å². The second-order valence-electron chi connectivity index (χ2n) is 8.77. The fourth-order valence-corrected chi connectivity index (χ4v) is 4.27. The Morgan fingerprint density at radius 1 is 1.08 bits per heavy atom. The molecule has 182 valence electrons. The van der Waals surface area contributed by atoms with Gasteiger partial charge in [0.25, 0.3) is 5.91 Å². The number of halogens is 1. The lowest BCUT2D eigenvalue weighted by atomic mass is 10.0. The van der Waals surface area contributed by atoms with Crippen LogP contribution in [0.15, 0.2) is 61.1 Å². The number of anilines is 3. The van der Waals surface area contributed by atoms with Crippen LogP contribution in [0.4, 0.5) is 21.6 Å². The Bertz CT molecular complexity index is 1410. The highest BCUT2D eigenvalue weighted by molar-refractivity contribution is 5.94. The summed E-state index contributed by atoms with van der Waals surface area (Å²) in [5.41, 5.74) is 6.17. The molecular formula is C27H26FN7O. The Kier molecular flexibility index (Phi) is 6.53. The zero-order valence-corrected chi connectivity index (χ0v) is 20.1. The second-order valence-corrected chi connectivity index (χ2v) is 8.77. The number of para-hydroxylation sites is 1. The summed E-state index contributed by atoms with van der Waals surface area (Å²) in [5.74, 6) is 0.169. The SMILES string of the molecule is Cc1c(C(=O)NCc2ccncc2)nnc(N2CCc3ncc(Nc4ccccc4F)cc3C2)c1C. The van der Waals surface area contributed by atoms with Crippen LogP contribution in [0.5, 0.6) is 0 Å².